The van der Waals surface area contributed by atoms with Crippen molar-refractivity contribution in [1.29, 1.82) is 0 Å². The monoisotopic (exact) mass is 876 g/mol. The van der Waals surface area contributed by atoms with Crippen molar-refractivity contribution in [3.05, 3.63) is 77.9 Å². The number of nitrogens with zero attached hydrogens (tertiary/aromatic N) is 2. The van der Waals surface area contributed by atoms with Crippen LogP contribution >= 0.6 is 0 Å². The number of nitrogens with two attached hydrogens (primary N) is 1. The van der Waals surface area contributed by atoms with Gasteiger partial charge in [0.1, 0.15) is 30.2 Å². The van der Waals surface area contributed by atoms with Crippen LogP contribution in [-0.2, 0) is 46.4 Å². The first kappa shape index (κ1) is 50.7. The second-order valence-corrected chi connectivity index (χ2v) is 15.0. The van der Waals surface area contributed by atoms with Crippen molar-refractivity contribution in [2.24, 2.45) is 5.73 Å². The quantitative estimate of drug-likeness (QED) is 0.0419. The topological polar surface area (TPSA) is 327 Å². The molecule has 3 rings (SSSR count). The number of aliphatic hydroxyl groups excluding tert-OH is 1. The number of aliphatic hydroxyl groups is 1. The van der Waals surface area contributed by atoms with Crippen molar-refractivity contribution in [3.63, 3.8) is 0 Å². The van der Waals surface area contributed by atoms with Crippen molar-refractivity contribution in [2.45, 2.75) is 95.9 Å². The van der Waals surface area contributed by atoms with E-state index in [0.717, 1.165) is 35.3 Å². The summed E-state index contributed by atoms with van der Waals surface area (Å²) in [6.07, 6.45) is 5.23. The smallest absolute Gasteiger partial charge is 0.426 e. The van der Waals surface area contributed by atoms with Gasteiger partial charge in [0.2, 0.25) is 41.4 Å². The molecule has 0 radical (unpaired) electrons. The fourth-order valence-electron chi connectivity index (χ4n) is 5.98. The molecule has 2 aromatic carbocycles. The maximum Gasteiger partial charge on any atom is 0.475 e. The molecule has 340 valence electrons. The number of aromatic nitrogens is 2. The van der Waals surface area contributed by atoms with E-state index < -0.39 is 110 Å². The molecular formula is C41H57BN10O11. The zero-order valence-electron chi connectivity index (χ0n) is 35.8. The molecule has 22 heteroatoms. The van der Waals surface area contributed by atoms with Gasteiger partial charge in [-0.3, -0.25) is 38.4 Å². The lowest BCUT2D eigenvalue weighted by atomic mass is 9.81. The number of imidazole rings is 1. The van der Waals surface area contributed by atoms with Crippen LogP contribution in [0.15, 0.2) is 61.1 Å². The Morgan fingerprint density at radius 1 is 0.778 bits per heavy atom. The molecule has 8 amide bonds. The van der Waals surface area contributed by atoms with Gasteiger partial charge in [-0.15, -0.1) is 0 Å². The average Bonchev–Trinajstić information content (AvgIpc) is 3.78. The summed E-state index contributed by atoms with van der Waals surface area (Å²) >= 11 is 0. The van der Waals surface area contributed by atoms with Crippen LogP contribution in [0.4, 0.5) is 0 Å². The fraction of sp³-hybridized carbons (Fsp3) is 0.439. The molecule has 1 aromatic heterocycles. The number of carbonyl (C=O) groups is 8. The lowest BCUT2D eigenvalue weighted by molar-refractivity contribution is -0.140. The minimum absolute atomic E-state index is 0.147. The first-order valence-electron chi connectivity index (χ1n) is 20.3. The van der Waals surface area contributed by atoms with Gasteiger partial charge in [-0.2, -0.15) is 0 Å². The number of benzene rings is 2. The second-order valence-electron chi connectivity index (χ2n) is 15.0. The number of nitrogens with one attached hydrogen (secondary N) is 7. The van der Waals surface area contributed by atoms with Gasteiger partial charge in [-0.05, 0) is 62.4 Å². The number of hydrogen-bond donors (Lipinski definition) is 11. The van der Waals surface area contributed by atoms with E-state index in [1.54, 1.807) is 24.3 Å². The summed E-state index contributed by atoms with van der Waals surface area (Å²) in [5.41, 5.74) is 8.92. The summed E-state index contributed by atoms with van der Waals surface area (Å²) in [4.78, 5) is 111. The molecule has 6 atom stereocenters. The van der Waals surface area contributed by atoms with Crippen molar-refractivity contribution >= 4 is 54.4 Å². The molecule has 3 aromatic rings. The highest BCUT2D eigenvalue weighted by molar-refractivity contribution is 6.43. The number of likely N-dealkylation sites (N-methyl/N-ethyl adjacent to an activating group) is 1. The van der Waals surface area contributed by atoms with Crippen LogP contribution in [0, 0.1) is 0 Å². The zero-order chi connectivity index (χ0) is 46.8. The van der Waals surface area contributed by atoms with Crippen molar-refractivity contribution in [1.82, 2.24) is 46.8 Å². The Labute approximate surface area is 364 Å². The molecule has 0 aliphatic carbocycles. The minimum Gasteiger partial charge on any atom is -0.426 e. The Bertz CT molecular complexity index is 2030. The molecule has 0 bridgehead atoms. The van der Waals surface area contributed by atoms with Gasteiger partial charge in [0.05, 0.1) is 37.5 Å². The van der Waals surface area contributed by atoms with Crippen molar-refractivity contribution in [3.8, 4) is 11.1 Å². The normalized spacial score (nSPS) is 13.7. The van der Waals surface area contributed by atoms with Gasteiger partial charge in [0.25, 0.3) is 5.91 Å². The molecule has 0 fully saturated rings. The molecular weight excluding hydrogens is 819 g/mol. The van der Waals surface area contributed by atoms with E-state index in [-0.39, 0.29) is 12.0 Å². The first-order chi connectivity index (χ1) is 29.8. The molecule has 0 spiro atoms. The highest BCUT2D eigenvalue weighted by atomic mass is 16.4. The van der Waals surface area contributed by atoms with E-state index in [4.69, 9.17) is 5.73 Å². The third-order valence-electron chi connectivity index (χ3n) is 9.95. The number of primary amides is 1. The summed E-state index contributed by atoms with van der Waals surface area (Å²) in [6, 6.07) is 8.06. The molecule has 0 saturated carbocycles. The third kappa shape index (κ3) is 16.0. The average molecular weight is 877 g/mol. The van der Waals surface area contributed by atoms with Gasteiger partial charge in [0.15, 0.2) is 0 Å². The Morgan fingerprint density at radius 2 is 1.37 bits per heavy atom. The molecule has 0 aliphatic heterocycles. The number of aryl methyl sites for hydroxylation is 1. The highest BCUT2D eigenvalue weighted by Crippen LogP contribution is 2.21. The van der Waals surface area contributed by atoms with E-state index in [1.807, 2.05) is 12.1 Å². The largest absolute Gasteiger partial charge is 0.475 e. The van der Waals surface area contributed by atoms with Crippen LogP contribution in [-0.4, -0.2) is 141 Å². The number of carbonyl (C=O) groups excluding carboxylic acids is 8. The number of aromatic amines is 1. The van der Waals surface area contributed by atoms with Gasteiger partial charge in [0, 0.05) is 25.2 Å². The number of H-pyrrole nitrogens is 1. The molecule has 63 heavy (non-hydrogen) atoms. The van der Waals surface area contributed by atoms with E-state index in [1.165, 1.54) is 45.9 Å². The molecule has 0 saturated heterocycles. The summed E-state index contributed by atoms with van der Waals surface area (Å²) in [6.45, 7) is 4.58. The van der Waals surface area contributed by atoms with Gasteiger partial charge in [-0.25, -0.2) is 4.98 Å². The van der Waals surface area contributed by atoms with E-state index >= 15 is 0 Å². The van der Waals surface area contributed by atoms with Gasteiger partial charge >= 0.3 is 7.12 Å². The first-order valence-corrected chi connectivity index (χ1v) is 20.3. The van der Waals surface area contributed by atoms with E-state index in [9.17, 15) is 53.5 Å². The maximum atomic E-state index is 13.6. The van der Waals surface area contributed by atoms with Crippen molar-refractivity contribution in [2.75, 3.05) is 20.2 Å². The summed E-state index contributed by atoms with van der Waals surface area (Å²) in [7, 11) is -0.662. The van der Waals surface area contributed by atoms with Crippen LogP contribution in [0.2, 0.25) is 0 Å². The highest BCUT2D eigenvalue weighted by Gasteiger charge is 2.33. The number of unbranched alkanes of at least 4 members (excludes halogenated alkanes) is 1. The number of hydrogen-bond acceptors (Lipinski definition) is 12. The molecule has 12 N–H and O–H groups in total. The Kier molecular flexibility index (Phi) is 19.9. The SMILES string of the molecule is CCCCc1ccc(-c2ccc(C(=O)N[C@H](CO)C(=O)N[C@H](C)C(=O)NCC(=O)N(C)[C@@H](Cc3c[nH]cn3)C(=O)N[C@@H](C)C(=O)N[C@@H](CC(N)=O)C(=O)N[C@@H](C)B(O)O)cc2)cc1. The fourth-order valence-corrected chi connectivity index (χ4v) is 5.98. The van der Waals surface area contributed by atoms with Crippen molar-refractivity contribution < 1.29 is 53.5 Å². The maximum absolute atomic E-state index is 13.6. The van der Waals surface area contributed by atoms with Crippen LogP contribution < -0.4 is 37.6 Å². The van der Waals surface area contributed by atoms with Crippen LogP contribution in [0.25, 0.3) is 11.1 Å². The summed E-state index contributed by atoms with van der Waals surface area (Å²) < 4.78 is 0. The second kappa shape index (κ2) is 24.7. The minimum atomic E-state index is -1.94. The van der Waals surface area contributed by atoms with Crippen LogP contribution in [0.1, 0.15) is 68.6 Å². The van der Waals surface area contributed by atoms with E-state index in [2.05, 4.69) is 60.9 Å². The Morgan fingerprint density at radius 3 is 1.92 bits per heavy atom. The molecule has 0 aliphatic rings. The lowest BCUT2D eigenvalue weighted by Crippen LogP contribution is -2.58. The van der Waals surface area contributed by atoms with Gasteiger partial charge in [-0.1, -0.05) is 49.7 Å². The standard InChI is InChI=1S/C41H57BN10O11/c1-6-7-8-26-9-11-27(12-10-26)28-13-15-29(16-14-28)38(58)51-32(21-53)40(60)47-23(2)36(56)45-20-35(55)52(5)33(17-30-19-44-22-46-30)41(61)48-24(3)37(57)50-31(18-34(43)54)39(59)49-25(4)42(62)63/h9-16,19,22-25,31-33,53,62-63H,6-8,17-18,20-21H2,1-5H3,(H2,43,54)(H,44,46)(H,45,56)(H,47,60)(H,48,61)(H,49,59)(H,50,57)(H,51,58)/t23-,24+,25+,31+,32-,33+/m1/s1. The molecule has 21 nitrogen and oxygen atoms in total. The predicted octanol–water partition coefficient (Wildman–Crippen LogP) is -2.42. The van der Waals surface area contributed by atoms with Crippen LogP contribution in [0.3, 0.4) is 0 Å². The van der Waals surface area contributed by atoms with E-state index in [0.29, 0.717) is 5.69 Å². The predicted molar refractivity (Wildman–Crippen MR) is 229 cm³/mol. The zero-order valence-corrected chi connectivity index (χ0v) is 35.8. The molecule has 0 unspecified atom stereocenters. The summed E-state index contributed by atoms with van der Waals surface area (Å²) in [5.74, 6) is -7.90. The Balaban J connectivity index is 1.57. The Hall–Kier alpha value is -6.65. The lowest BCUT2D eigenvalue weighted by Gasteiger charge is -2.29. The third-order valence-corrected chi connectivity index (χ3v) is 9.95. The van der Waals surface area contributed by atoms with Crippen LogP contribution in [0.5, 0.6) is 0 Å². The molecule has 1 heterocycles. The van der Waals surface area contributed by atoms with Gasteiger partial charge < -0.3 is 62.7 Å². The number of rotatable bonds is 24. The summed E-state index contributed by atoms with van der Waals surface area (Å²) in [5, 5.41) is 42.7. The number of amides is 8.